The second-order valence-electron chi connectivity index (χ2n) is 2.10. The van der Waals surface area contributed by atoms with E-state index in [9.17, 15) is 9.36 Å². The molecule has 0 heterocycles. The van der Waals surface area contributed by atoms with Crippen molar-refractivity contribution < 1.29 is 23.1 Å². The van der Waals surface area contributed by atoms with Crippen molar-refractivity contribution in [1.29, 1.82) is 0 Å². The second kappa shape index (κ2) is 6.71. The molecule has 0 aromatic rings. The number of carbonyl (C=O) groups is 1. The van der Waals surface area contributed by atoms with Crippen LogP contribution in [0.1, 0.15) is 13.8 Å². The van der Waals surface area contributed by atoms with Crippen molar-refractivity contribution in [2.24, 2.45) is 0 Å². The first-order valence-electron chi connectivity index (χ1n) is 3.63. The van der Waals surface area contributed by atoms with Crippen molar-refractivity contribution in [3.63, 3.8) is 0 Å². The summed E-state index contributed by atoms with van der Waals surface area (Å²) >= 11 is 0. The zero-order chi connectivity index (χ0) is 10.3. The lowest BCUT2D eigenvalue weighted by molar-refractivity contribution is -0.145. The number of hydrogen-bond acceptors (Lipinski definition) is 5. The molecule has 6 heteroatoms. The van der Waals surface area contributed by atoms with Gasteiger partial charge in [-0.3, -0.25) is 0 Å². The molecule has 0 N–H and O–H groups in total. The predicted octanol–water partition coefficient (Wildman–Crippen LogP) is 1.77. The Hall–Kier alpha value is -0.770. The van der Waals surface area contributed by atoms with Gasteiger partial charge < -0.3 is 4.74 Å². The van der Waals surface area contributed by atoms with E-state index in [2.05, 4.69) is 20.4 Å². The van der Waals surface area contributed by atoms with Crippen molar-refractivity contribution in [2.75, 3.05) is 13.4 Å². The van der Waals surface area contributed by atoms with Crippen LogP contribution in [-0.4, -0.2) is 19.4 Å². The van der Waals surface area contributed by atoms with E-state index in [1.54, 1.807) is 6.92 Å². The fourth-order valence-electron chi connectivity index (χ4n) is 0.389. The first-order valence-corrected chi connectivity index (χ1v) is 4.73. The highest BCUT2D eigenvalue weighted by molar-refractivity contribution is 7.33. The summed E-state index contributed by atoms with van der Waals surface area (Å²) in [5.41, 5.74) is 0.259. The van der Waals surface area contributed by atoms with Crippen molar-refractivity contribution in [3.05, 3.63) is 12.2 Å². The van der Waals surface area contributed by atoms with Gasteiger partial charge in [0.25, 0.3) is 0 Å². The fraction of sp³-hybridized carbons (Fsp3) is 0.571. The Kier molecular flexibility index (Phi) is 6.32. The van der Waals surface area contributed by atoms with Gasteiger partial charge in [-0.2, -0.15) is 0 Å². The second-order valence-corrected chi connectivity index (χ2v) is 3.06. The molecule has 0 aliphatic carbocycles. The van der Waals surface area contributed by atoms with Gasteiger partial charge in [-0.15, -0.1) is 4.52 Å². The molecule has 1 atom stereocenters. The molecule has 0 fully saturated rings. The molecule has 0 saturated heterocycles. The fourth-order valence-corrected chi connectivity index (χ4v) is 0.813. The molecule has 0 amide bonds. The van der Waals surface area contributed by atoms with E-state index < -0.39 is 14.2 Å². The van der Waals surface area contributed by atoms with E-state index in [0.29, 0.717) is 0 Å². The maximum Gasteiger partial charge on any atom is 0.700 e. The third-order valence-electron chi connectivity index (χ3n) is 0.931. The molecule has 0 aliphatic heterocycles. The zero-order valence-corrected chi connectivity index (χ0v) is 8.50. The summed E-state index contributed by atoms with van der Waals surface area (Å²) in [6.07, 6.45) is 0. The van der Waals surface area contributed by atoms with Gasteiger partial charge in [0.1, 0.15) is 6.61 Å². The van der Waals surface area contributed by atoms with Crippen molar-refractivity contribution in [3.8, 4) is 0 Å². The van der Waals surface area contributed by atoms with Gasteiger partial charge in [0.15, 0.2) is 0 Å². The van der Waals surface area contributed by atoms with E-state index in [4.69, 9.17) is 0 Å². The van der Waals surface area contributed by atoms with Crippen molar-refractivity contribution >= 4 is 14.2 Å². The average Bonchev–Trinajstić information content (AvgIpc) is 2.04. The maximum atomic E-state index is 10.7. The zero-order valence-electron chi connectivity index (χ0n) is 7.61. The minimum absolute atomic E-state index is 0.259. The lowest BCUT2D eigenvalue weighted by Crippen LogP contribution is -2.06. The van der Waals surface area contributed by atoms with Gasteiger partial charge in [0.05, 0.1) is 0 Å². The minimum Gasteiger partial charge on any atom is -0.430 e. The molecule has 1 unspecified atom stereocenters. The molecule has 0 saturated carbocycles. The van der Waals surface area contributed by atoms with Crippen LogP contribution in [0.15, 0.2) is 12.2 Å². The quantitative estimate of drug-likeness (QED) is 0.287. The SMILES string of the molecule is C=C(C)C(=O)OCO[P+](=O)OCC. The predicted molar refractivity (Wildman–Crippen MR) is 46.1 cm³/mol. The Morgan fingerprint density at radius 1 is 1.46 bits per heavy atom. The maximum absolute atomic E-state index is 10.7. The van der Waals surface area contributed by atoms with Gasteiger partial charge in [0, 0.05) is 10.1 Å². The van der Waals surface area contributed by atoms with Gasteiger partial charge in [-0.05, 0) is 13.8 Å². The number of esters is 1. The topological polar surface area (TPSA) is 61.8 Å². The molecular formula is C7H12O5P+. The third-order valence-corrected chi connectivity index (χ3v) is 1.72. The van der Waals surface area contributed by atoms with Gasteiger partial charge in [0.2, 0.25) is 6.79 Å². The summed E-state index contributed by atoms with van der Waals surface area (Å²) < 4.78 is 24.2. The van der Waals surface area contributed by atoms with Crippen LogP contribution >= 0.6 is 8.25 Å². The van der Waals surface area contributed by atoms with E-state index in [1.807, 2.05) is 0 Å². The van der Waals surface area contributed by atoms with Crippen LogP contribution in [0.5, 0.6) is 0 Å². The largest absolute Gasteiger partial charge is 0.700 e. The number of hydrogen-bond donors (Lipinski definition) is 0. The summed E-state index contributed by atoms with van der Waals surface area (Å²) in [5, 5.41) is 0. The molecule has 0 aromatic carbocycles. The molecule has 0 aromatic heterocycles. The average molecular weight is 207 g/mol. The number of carbonyl (C=O) groups excluding carboxylic acids is 1. The molecule has 0 radical (unpaired) electrons. The summed E-state index contributed by atoms with van der Waals surface area (Å²) in [6.45, 7) is 6.43. The van der Waals surface area contributed by atoms with Gasteiger partial charge in [-0.25, -0.2) is 4.79 Å². The van der Waals surface area contributed by atoms with Gasteiger partial charge in [-0.1, -0.05) is 11.1 Å². The van der Waals surface area contributed by atoms with Crippen LogP contribution in [0.3, 0.4) is 0 Å². The molecule has 74 valence electrons. The van der Waals surface area contributed by atoms with Crippen molar-refractivity contribution in [2.45, 2.75) is 13.8 Å². The molecule has 0 spiro atoms. The van der Waals surface area contributed by atoms with Gasteiger partial charge >= 0.3 is 14.2 Å². The van der Waals surface area contributed by atoms with Crippen LogP contribution in [0.2, 0.25) is 0 Å². The molecule has 0 rings (SSSR count). The monoisotopic (exact) mass is 207 g/mol. The highest BCUT2D eigenvalue weighted by Crippen LogP contribution is 2.22. The van der Waals surface area contributed by atoms with Crippen LogP contribution in [0, 0.1) is 0 Å². The first-order chi connectivity index (χ1) is 6.07. The molecule has 0 bridgehead atoms. The summed E-state index contributed by atoms with van der Waals surface area (Å²) in [4.78, 5) is 10.7. The highest BCUT2D eigenvalue weighted by Gasteiger charge is 2.19. The third kappa shape index (κ3) is 6.40. The first kappa shape index (κ1) is 12.2. The minimum atomic E-state index is -2.19. The number of ether oxygens (including phenoxy) is 1. The van der Waals surface area contributed by atoms with Crippen LogP contribution in [0.4, 0.5) is 0 Å². The van der Waals surface area contributed by atoms with Crippen LogP contribution < -0.4 is 0 Å². The lowest BCUT2D eigenvalue weighted by atomic mass is 10.4. The summed E-state index contributed by atoms with van der Waals surface area (Å²) in [6, 6.07) is 0. The standard InChI is InChI=1S/C7H12O5P/c1-4-11-13(9)12-5-10-7(8)6(2)3/h2,4-5H2,1,3H3/q+1. The highest BCUT2D eigenvalue weighted by atomic mass is 31.1. The van der Waals surface area contributed by atoms with Crippen LogP contribution in [0.25, 0.3) is 0 Å². The molecule has 13 heavy (non-hydrogen) atoms. The summed E-state index contributed by atoms with van der Waals surface area (Å²) in [5.74, 6) is -0.583. The smallest absolute Gasteiger partial charge is 0.430 e. The Balaban J connectivity index is 3.50. The van der Waals surface area contributed by atoms with E-state index in [-0.39, 0.29) is 19.0 Å². The van der Waals surface area contributed by atoms with E-state index in [1.165, 1.54) is 6.92 Å². The van der Waals surface area contributed by atoms with E-state index >= 15 is 0 Å². The Bertz CT molecular complexity index is 213. The molecule has 5 nitrogen and oxygen atoms in total. The molecular weight excluding hydrogens is 195 g/mol. The molecule has 0 aliphatic rings. The van der Waals surface area contributed by atoms with E-state index in [0.717, 1.165) is 0 Å². The Labute approximate surface area is 77.6 Å². The summed E-state index contributed by atoms with van der Waals surface area (Å²) in [7, 11) is -2.19. The number of rotatable bonds is 6. The van der Waals surface area contributed by atoms with Crippen LogP contribution in [-0.2, 0) is 23.1 Å². The Morgan fingerprint density at radius 3 is 2.54 bits per heavy atom. The van der Waals surface area contributed by atoms with Crippen molar-refractivity contribution in [1.82, 2.24) is 0 Å². The lowest BCUT2D eigenvalue weighted by Gasteiger charge is -1.97. The Morgan fingerprint density at radius 2 is 2.08 bits per heavy atom. The normalized spacial score (nSPS) is 10.8.